The molecular formula is C26H45NO2. The van der Waals surface area contributed by atoms with Gasteiger partial charge in [-0.1, -0.05) is 109 Å². The maximum absolute atomic E-state index is 11.8. The van der Waals surface area contributed by atoms with Crippen molar-refractivity contribution in [2.45, 2.75) is 104 Å². The molecule has 1 aromatic carbocycles. The summed E-state index contributed by atoms with van der Waals surface area (Å²) in [5.41, 5.74) is 1.49. The van der Waals surface area contributed by atoms with Crippen LogP contribution < -0.4 is 5.32 Å². The molecule has 0 unspecified atom stereocenters. The van der Waals surface area contributed by atoms with Crippen molar-refractivity contribution in [3.8, 4) is 0 Å². The highest BCUT2D eigenvalue weighted by molar-refractivity contribution is 5.95. The SMILES string of the molecule is COC(=O)c1ccccc1NCCCCCCCCCCCCCCCC(C)C. The van der Waals surface area contributed by atoms with Crippen LogP contribution in [0, 0.1) is 5.92 Å². The van der Waals surface area contributed by atoms with E-state index in [1.165, 1.54) is 90.6 Å². The van der Waals surface area contributed by atoms with Crippen molar-refractivity contribution >= 4 is 11.7 Å². The molecule has 0 saturated carbocycles. The Balaban J connectivity index is 1.88. The zero-order chi connectivity index (χ0) is 21.2. The molecular weight excluding hydrogens is 358 g/mol. The van der Waals surface area contributed by atoms with Gasteiger partial charge >= 0.3 is 5.97 Å². The van der Waals surface area contributed by atoms with Gasteiger partial charge < -0.3 is 10.1 Å². The second-order valence-corrected chi connectivity index (χ2v) is 8.74. The zero-order valence-electron chi connectivity index (χ0n) is 19.3. The van der Waals surface area contributed by atoms with Gasteiger partial charge in [-0.2, -0.15) is 0 Å². The Bertz CT molecular complexity index is 527. The first-order valence-electron chi connectivity index (χ1n) is 12.1. The normalized spacial score (nSPS) is 11.0. The van der Waals surface area contributed by atoms with Crippen LogP contribution in [0.25, 0.3) is 0 Å². The Labute approximate surface area is 180 Å². The number of methoxy groups -OCH3 is 1. The molecule has 0 bridgehead atoms. The lowest BCUT2D eigenvalue weighted by atomic mass is 10.0. The molecule has 0 fully saturated rings. The monoisotopic (exact) mass is 403 g/mol. The number of benzene rings is 1. The van der Waals surface area contributed by atoms with Gasteiger partial charge in [-0.05, 0) is 24.5 Å². The summed E-state index contributed by atoms with van der Waals surface area (Å²) >= 11 is 0. The zero-order valence-corrected chi connectivity index (χ0v) is 19.3. The quantitative estimate of drug-likeness (QED) is 0.199. The van der Waals surface area contributed by atoms with E-state index in [9.17, 15) is 4.79 Å². The molecule has 3 heteroatoms. The Morgan fingerprint density at radius 1 is 0.793 bits per heavy atom. The maximum Gasteiger partial charge on any atom is 0.339 e. The Morgan fingerprint density at radius 2 is 1.28 bits per heavy atom. The number of unbranched alkanes of at least 4 members (excludes halogenated alkanes) is 12. The summed E-state index contributed by atoms with van der Waals surface area (Å²) in [6, 6.07) is 7.56. The molecule has 0 atom stereocenters. The Hall–Kier alpha value is -1.51. The first kappa shape index (κ1) is 25.5. The van der Waals surface area contributed by atoms with E-state index in [-0.39, 0.29) is 5.97 Å². The number of para-hydroxylation sites is 1. The van der Waals surface area contributed by atoms with Gasteiger partial charge in [0.15, 0.2) is 0 Å². The Kier molecular flexibility index (Phi) is 15.3. The highest BCUT2D eigenvalue weighted by Gasteiger charge is 2.09. The molecule has 166 valence electrons. The number of rotatable bonds is 18. The first-order chi connectivity index (χ1) is 14.1. The molecule has 0 aromatic heterocycles. The summed E-state index contributed by atoms with van der Waals surface area (Å²) in [5, 5.41) is 3.38. The van der Waals surface area contributed by atoms with Gasteiger partial charge in [0.25, 0.3) is 0 Å². The van der Waals surface area contributed by atoms with Crippen LogP contribution >= 0.6 is 0 Å². The van der Waals surface area contributed by atoms with E-state index in [2.05, 4.69) is 19.2 Å². The summed E-state index contributed by atoms with van der Waals surface area (Å²) in [4.78, 5) is 11.8. The third-order valence-electron chi connectivity index (χ3n) is 5.61. The van der Waals surface area contributed by atoms with Crippen LogP contribution in [0.2, 0.25) is 0 Å². The standard InChI is InChI=1S/C26H45NO2/c1-23(2)19-15-13-11-9-7-5-4-6-8-10-12-14-18-22-27-25-21-17-16-20-24(25)26(28)29-3/h16-17,20-21,23,27H,4-15,18-19,22H2,1-3H3. The highest BCUT2D eigenvalue weighted by Crippen LogP contribution is 2.17. The van der Waals surface area contributed by atoms with Crippen molar-refractivity contribution in [3.05, 3.63) is 29.8 Å². The molecule has 0 aliphatic heterocycles. The minimum absolute atomic E-state index is 0.278. The van der Waals surface area contributed by atoms with Crippen LogP contribution in [0.15, 0.2) is 24.3 Å². The lowest BCUT2D eigenvalue weighted by Gasteiger charge is -2.10. The number of carbonyl (C=O) groups excluding carboxylic acids is 1. The minimum Gasteiger partial charge on any atom is -0.465 e. The maximum atomic E-state index is 11.8. The number of hydrogen-bond acceptors (Lipinski definition) is 3. The summed E-state index contributed by atoms with van der Waals surface area (Å²) in [7, 11) is 1.42. The van der Waals surface area contributed by atoms with Crippen LogP contribution in [0.1, 0.15) is 114 Å². The highest BCUT2D eigenvalue weighted by atomic mass is 16.5. The number of esters is 1. The van der Waals surface area contributed by atoms with Gasteiger partial charge in [-0.3, -0.25) is 0 Å². The topological polar surface area (TPSA) is 38.3 Å². The van der Waals surface area contributed by atoms with Gasteiger partial charge in [0, 0.05) is 12.2 Å². The van der Waals surface area contributed by atoms with Gasteiger partial charge in [0.05, 0.1) is 12.7 Å². The minimum atomic E-state index is -0.278. The average Bonchev–Trinajstić information content (AvgIpc) is 2.73. The summed E-state index contributed by atoms with van der Waals surface area (Å²) in [6.07, 6.45) is 19.2. The summed E-state index contributed by atoms with van der Waals surface area (Å²) in [6.45, 7) is 5.55. The van der Waals surface area contributed by atoms with E-state index >= 15 is 0 Å². The van der Waals surface area contributed by atoms with E-state index < -0.39 is 0 Å². The van der Waals surface area contributed by atoms with Gasteiger partial charge in [-0.15, -0.1) is 0 Å². The molecule has 1 N–H and O–H groups in total. The largest absolute Gasteiger partial charge is 0.465 e. The summed E-state index contributed by atoms with van der Waals surface area (Å²) < 4.78 is 4.83. The first-order valence-corrected chi connectivity index (χ1v) is 12.1. The fourth-order valence-corrected chi connectivity index (χ4v) is 3.77. The predicted molar refractivity (Wildman–Crippen MR) is 126 cm³/mol. The lowest BCUT2D eigenvalue weighted by molar-refractivity contribution is 0.0602. The van der Waals surface area contributed by atoms with E-state index in [0.717, 1.165) is 24.6 Å². The molecule has 0 radical (unpaired) electrons. The molecule has 1 rings (SSSR count). The molecule has 0 amide bonds. The van der Waals surface area contributed by atoms with Crippen LogP contribution in [-0.2, 0) is 4.74 Å². The molecule has 0 aliphatic rings. The van der Waals surface area contributed by atoms with Crippen LogP contribution in [0.4, 0.5) is 5.69 Å². The molecule has 3 nitrogen and oxygen atoms in total. The lowest BCUT2D eigenvalue weighted by Crippen LogP contribution is -2.09. The van der Waals surface area contributed by atoms with Crippen molar-refractivity contribution in [3.63, 3.8) is 0 Å². The smallest absolute Gasteiger partial charge is 0.339 e. The average molecular weight is 404 g/mol. The fourth-order valence-electron chi connectivity index (χ4n) is 3.77. The Morgan fingerprint density at radius 3 is 1.79 bits per heavy atom. The number of ether oxygens (including phenoxy) is 1. The second-order valence-electron chi connectivity index (χ2n) is 8.74. The van der Waals surface area contributed by atoms with Crippen molar-refractivity contribution in [2.75, 3.05) is 19.0 Å². The van der Waals surface area contributed by atoms with Gasteiger partial charge in [0.1, 0.15) is 0 Å². The summed E-state index contributed by atoms with van der Waals surface area (Å²) in [5.74, 6) is 0.591. The van der Waals surface area contributed by atoms with Crippen molar-refractivity contribution in [2.24, 2.45) is 5.92 Å². The number of anilines is 1. The molecule has 0 aliphatic carbocycles. The molecule has 29 heavy (non-hydrogen) atoms. The molecule has 1 aromatic rings. The van der Waals surface area contributed by atoms with Crippen molar-refractivity contribution in [1.29, 1.82) is 0 Å². The third kappa shape index (κ3) is 13.4. The molecule has 0 heterocycles. The van der Waals surface area contributed by atoms with Crippen LogP contribution in [0.3, 0.4) is 0 Å². The van der Waals surface area contributed by atoms with Crippen LogP contribution in [0.5, 0.6) is 0 Å². The predicted octanol–water partition coefficient (Wildman–Crippen LogP) is 8.00. The molecule has 0 spiro atoms. The number of hydrogen-bond donors (Lipinski definition) is 1. The van der Waals surface area contributed by atoms with Gasteiger partial charge in [0.2, 0.25) is 0 Å². The van der Waals surface area contributed by atoms with E-state index in [0.29, 0.717) is 5.56 Å². The van der Waals surface area contributed by atoms with Crippen molar-refractivity contribution in [1.82, 2.24) is 0 Å². The van der Waals surface area contributed by atoms with E-state index in [4.69, 9.17) is 4.74 Å². The molecule has 0 saturated heterocycles. The van der Waals surface area contributed by atoms with E-state index in [1.807, 2.05) is 18.2 Å². The second kappa shape index (κ2) is 17.4. The number of carbonyl (C=O) groups is 1. The van der Waals surface area contributed by atoms with Crippen LogP contribution in [-0.4, -0.2) is 19.6 Å². The van der Waals surface area contributed by atoms with E-state index in [1.54, 1.807) is 6.07 Å². The van der Waals surface area contributed by atoms with Gasteiger partial charge in [-0.25, -0.2) is 4.79 Å². The fraction of sp³-hybridized carbons (Fsp3) is 0.731. The third-order valence-corrected chi connectivity index (χ3v) is 5.61. The number of nitrogens with one attached hydrogen (secondary N) is 1. The van der Waals surface area contributed by atoms with Crippen molar-refractivity contribution < 1.29 is 9.53 Å².